The number of para-hydroxylation sites is 1. The Bertz CT molecular complexity index is 525. The minimum atomic E-state index is 0.425. The van der Waals surface area contributed by atoms with E-state index in [1.165, 1.54) is 11.1 Å². The first kappa shape index (κ1) is 13.2. The fourth-order valence-corrected chi connectivity index (χ4v) is 2.30. The number of fused-ring (bicyclic) bond motifs is 1. The first-order valence-corrected chi connectivity index (χ1v) is 6.93. The molecule has 18 heavy (non-hydrogen) atoms. The topological polar surface area (TPSA) is 24.9 Å². The van der Waals surface area contributed by atoms with Gasteiger partial charge in [-0.3, -0.25) is 4.98 Å². The van der Waals surface area contributed by atoms with Crippen LogP contribution >= 0.6 is 11.6 Å². The van der Waals surface area contributed by atoms with Crippen LogP contribution < -0.4 is 5.32 Å². The largest absolute Gasteiger partial charge is 0.382 e. The van der Waals surface area contributed by atoms with Gasteiger partial charge in [0, 0.05) is 28.7 Å². The summed E-state index contributed by atoms with van der Waals surface area (Å²) in [5.41, 5.74) is 3.26. The number of hydrogen-bond acceptors (Lipinski definition) is 2. The van der Waals surface area contributed by atoms with Crippen molar-refractivity contribution in [2.45, 2.75) is 32.7 Å². The van der Waals surface area contributed by atoms with Crippen LogP contribution in [0.15, 0.2) is 30.3 Å². The van der Waals surface area contributed by atoms with Crippen LogP contribution in [0, 0.1) is 6.92 Å². The van der Waals surface area contributed by atoms with E-state index in [2.05, 4.69) is 35.4 Å². The van der Waals surface area contributed by atoms with Gasteiger partial charge in [-0.2, -0.15) is 0 Å². The van der Waals surface area contributed by atoms with E-state index in [1.54, 1.807) is 0 Å². The number of rotatable bonds is 5. The first-order chi connectivity index (χ1) is 8.70. The highest BCUT2D eigenvalue weighted by atomic mass is 35.5. The summed E-state index contributed by atoms with van der Waals surface area (Å²) >= 11 is 5.73. The molecule has 1 atom stereocenters. The van der Waals surface area contributed by atoms with Gasteiger partial charge in [-0.1, -0.05) is 18.2 Å². The lowest BCUT2D eigenvalue weighted by Crippen LogP contribution is -2.15. The standard InChI is InChI=1S/C15H19ClN2/c1-11(6-5-9-16)17-15-10-12(2)18-14-8-4-3-7-13(14)15/h3-4,7-8,10-11H,5-6,9H2,1-2H3,(H,17,18). The highest BCUT2D eigenvalue weighted by Crippen LogP contribution is 2.24. The van der Waals surface area contributed by atoms with Crippen LogP contribution in [0.1, 0.15) is 25.5 Å². The highest BCUT2D eigenvalue weighted by molar-refractivity contribution is 6.17. The summed E-state index contributed by atoms with van der Waals surface area (Å²) in [6.07, 6.45) is 2.12. The summed E-state index contributed by atoms with van der Waals surface area (Å²) in [6.45, 7) is 4.22. The van der Waals surface area contributed by atoms with Crippen molar-refractivity contribution in [1.82, 2.24) is 4.98 Å². The predicted molar refractivity (Wildman–Crippen MR) is 79.5 cm³/mol. The fraction of sp³-hybridized carbons (Fsp3) is 0.400. The van der Waals surface area contributed by atoms with Gasteiger partial charge in [-0.05, 0) is 38.8 Å². The monoisotopic (exact) mass is 262 g/mol. The van der Waals surface area contributed by atoms with Crippen LogP contribution in [0.4, 0.5) is 5.69 Å². The Morgan fingerprint density at radius 2 is 2.11 bits per heavy atom. The average molecular weight is 263 g/mol. The van der Waals surface area contributed by atoms with Crippen LogP contribution in [0.3, 0.4) is 0 Å². The van der Waals surface area contributed by atoms with Gasteiger partial charge < -0.3 is 5.32 Å². The minimum absolute atomic E-state index is 0.425. The van der Waals surface area contributed by atoms with Crippen molar-refractivity contribution in [2.75, 3.05) is 11.2 Å². The SMILES string of the molecule is Cc1cc(NC(C)CCCCl)c2ccccc2n1. The van der Waals surface area contributed by atoms with Crippen molar-refractivity contribution in [3.05, 3.63) is 36.0 Å². The Labute approximate surface area is 113 Å². The van der Waals surface area contributed by atoms with Crippen LogP contribution in [0.5, 0.6) is 0 Å². The van der Waals surface area contributed by atoms with Gasteiger partial charge in [-0.25, -0.2) is 0 Å². The van der Waals surface area contributed by atoms with E-state index in [9.17, 15) is 0 Å². The Kier molecular flexibility index (Phi) is 4.43. The third-order valence-corrected chi connectivity index (χ3v) is 3.28. The van der Waals surface area contributed by atoms with Crippen molar-refractivity contribution in [3.8, 4) is 0 Å². The number of nitrogens with zero attached hydrogens (tertiary/aromatic N) is 1. The second-order valence-electron chi connectivity index (χ2n) is 4.70. The highest BCUT2D eigenvalue weighted by Gasteiger charge is 2.06. The van der Waals surface area contributed by atoms with E-state index in [-0.39, 0.29) is 0 Å². The van der Waals surface area contributed by atoms with E-state index in [4.69, 9.17) is 11.6 Å². The van der Waals surface area contributed by atoms with Crippen LogP contribution in [-0.2, 0) is 0 Å². The molecule has 0 amide bonds. The zero-order valence-corrected chi connectivity index (χ0v) is 11.7. The number of nitrogens with one attached hydrogen (secondary N) is 1. The van der Waals surface area contributed by atoms with E-state index >= 15 is 0 Å². The van der Waals surface area contributed by atoms with Crippen LogP contribution in [0.25, 0.3) is 10.9 Å². The van der Waals surface area contributed by atoms with Gasteiger partial charge in [0.2, 0.25) is 0 Å². The molecule has 1 N–H and O–H groups in total. The van der Waals surface area contributed by atoms with Gasteiger partial charge in [-0.15, -0.1) is 11.6 Å². The maximum absolute atomic E-state index is 5.73. The molecule has 3 heteroatoms. The van der Waals surface area contributed by atoms with E-state index < -0.39 is 0 Å². The zero-order chi connectivity index (χ0) is 13.0. The summed E-state index contributed by atoms with van der Waals surface area (Å²) in [7, 11) is 0. The molecule has 1 heterocycles. The zero-order valence-electron chi connectivity index (χ0n) is 10.9. The molecule has 2 aromatic rings. The van der Waals surface area contributed by atoms with Gasteiger partial charge in [0.15, 0.2) is 0 Å². The van der Waals surface area contributed by atoms with E-state index in [0.29, 0.717) is 6.04 Å². The summed E-state index contributed by atoms with van der Waals surface area (Å²) in [6, 6.07) is 10.8. The number of halogens is 1. The molecule has 0 radical (unpaired) electrons. The summed E-state index contributed by atoms with van der Waals surface area (Å²) in [4.78, 5) is 4.54. The molecule has 0 saturated heterocycles. The Morgan fingerprint density at radius 1 is 1.33 bits per heavy atom. The lowest BCUT2D eigenvalue weighted by atomic mass is 10.1. The fourth-order valence-electron chi connectivity index (χ4n) is 2.15. The van der Waals surface area contributed by atoms with Crippen molar-refractivity contribution in [1.29, 1.82) is 0 Å². The number of aromatic nitrogens is 1. The van der Waals surface area contributed by atoms with Crippen LogP contribution in [0.2, 0.25) is 0 Å². The minimum Gasteiger partial charge on any atom is -0.382 e. The second kappa shape index (κ2) is 6.05. The predicted octanol–water partition coefficient (Wildman–Crippen LogP) is 4.36. The molecule has 2 nitrogen and oxygen atoms in total. The quantitative estimate of drug-likeness (QED) is 0.810. The molecule has 0 saturated carbocycles. The molecule has 0 spiro atoms. The van der Waals surface area contributed by atoms with Crippen molar-refractivity contribution < 1.29 is 0 Å². The molecule has 1 aromatic heterocycles. The number of hydrogen-bond donors (Lipinski definition) is 1. The Balaban J connectivity index is 2.26. The molecular weight excluding hydrogens is 244 g/mol. The Hall–Kier alpha value is -1.28. The molecule has 1 unspecified atom stereocenters. The number of aryl methyl sites for hydroxylation is 1. The molecular formula is C15H19ClN2. The lowest BCUT2D eigenvalue weighted by molar-refractivity contribution is 0.694. The molecule has 0 aliphatic rings. The van der Waals surface area contributed by atoms with Crippen LogP contribution in [-0.4, -0.2) is 16.9 Å². The first-order valence-electron chi connectivity index (χ1n) is 6.39. The van der Waals surface area contributed by atoms with Gasteiger partial charge >= 0.3 is 0 Å². The third-order valence-electron chi connectivity index (χ3n) is 3.02. The summed E-state index contributed by atoms with van der Waals surface area (Å²) < 4.78 is 0. The molecule has 0 aliphatic carbocycles. The van der Waals surface area contributed by atoms with Crippen molar-refractivity contribution >= 4 is 28.2 Å². The van der Waals surface area contributed by atoms with Crippen molar-refractivity contribution in [3.63, 3.8) is 0 Å². The summed E-state index contributed by atoms with van der Waals surface area (Å²) in [5.74, 6) is 0.724. The smallest absolute Gasteiger partial charge is 0.0725 e. The normalized spacial score (nSPS) is 12.6. The second-order valence-corrected chi connectivity index (χ2v) is 5.08. The molecule has 0 aliphatic heterocycles. The molecule has 96 valence electrons. The number of anilines is 1. The number of alkyl halides is 1. The average Bonchev–Trinajstić information content (AvgIpc) is 2.36. The maximum atomic E-state index is 5.73. The van der Waals surface area contributed by atoms with E-state index in [0.717, 1.165) is 29.9 Å². The Morgan fingerprint density at radius 3 is 2.89 bits per heavy atom. The maximum Gasteiger partial charge on any atom is 0.0725 e. The van der Waals surface area contributed by atoms with Gasteiger partial charge in [0.25, 0.3) is 0 Å². The van der Waals surface area contributed by atoms with Crippen molar-refractivity contribution in [2.24, 2.45) is 0 Å². The molecule has 0 bridgehead atoms. The number of benzene rings is 1. The van der Waals surface area contributed by atoms with Gasteiger partial charge in [0.1, 0.15) is 0 Å². The third kappa shape index (κ3) is 3.14. The molecule has 0 fully saturated rings. The summed E-state index contributed by atoms with van der Waals surface area (Å²) in [5, 5.41) is 4.74. The molecule has 2 rings (SSSR count). The lowest BCUT2D eigenvalue weighted by Gasteiger charge is -2.16. The number of pyridine rings is 1. The molecule has 1 aromatic carbocycles. The van der Waals surface area contributed by atoms with Gasteiger partial charge in [0.05, 0.1) is 5.52 Å². The van der Waals surface area contributed by atoms with E-state index in [1.807, 2.05) is 19.1 Å².